The highest BCUT2D eigenvalue weighted by Gasteiger charge is 2.28. The lowest BCUT2D eigenvalue weighted by molar-refractivity contribution is 0.281. The molecule has 0 spiro atoms. The topological polar surface area (TPSA) is 46.2 Å². The molecule has 0 radical (unpaired) electrons. The molecule has 0 aromatic heterocycles. The predicted octanol–water partition coefficient (Wildman–Crippen LogP) is 3.31. The maximum atomic E-state index is 12.1. The molecule has 0 aromatic carbocycles. The maximum absolute atomic E-state index is 12.1. The van der Waals surface area contributed by atoms with E-state index >= 15 is 0 Å². The van der Waals surface area contributed by atoms with Crippen molar-refractivity contribution in [3.05, 3.63) is 0 Å². The molecule has 0 heterocycles. The molecule has 18 heavy (non-hydrogen) atoms. The molecule has 1 aliphatic carbocycles. The molecule has 3 nitrogen and oxygen atoms in total. The van der Waals surface area contributed by atoms with Gasteiger partial charge in [0.1, 0.15) is 0 Å². The summed E-state index contributed by atoms with van der Waals surface area (Å²) in [5.74, 6) is 0.784. The molecular formula is C14H29NO2S. The summed E-state index contributed by atoms with van der Waals surface area (Å²) in [7, 11) is -3.11. The molecule has 1 aliphatic rings. The van der Waals surface area contributed by atoms with Crippen molar-refractivity contribution in [1.29, 1.82) is 0 Å². The van der Waals surface area contributed by atoms with E-state index in [4.69, 9.17) is 0 Å². The van der Waals surface area contributed by atoms with Crippen LogP contribution in [-0.2, 0) is 10.0 Å². The molecule has 1 fully saturated rings. The van der Waals surface area contributed by atoms with Gasteiger partial charge >= 0.3 is 0 Å². The summed E-state index contributed by atoms with van der Waals surface area (Å²) in [6.07, 6.45) is 6.37. The van der Waals surface area contributed by atoms with Gasteiger partial charge in [0, 0.05) is 6.04 Å². The van der Waals surface area contributed by atoms with Gasteiger partial charge in [0.05, 0.1) is 5.75 Å². The highest BCUT2D eigenvalue weighted by Crippen LogP contribution is 2.27. The Morgan fingerprint density at radius 3 is 2.33 bits per heavy atom. The van der Waals surface area contributed by atoms with Crippen LogP contribution >= 0.6 is 0 Å². The maximum Gasteiger partial charge on any atom is 0.211 e. The molecule has 4 heteroatoms. The molecule has 1 saturated carbocycles. The molecule has 108 valence electrons. The highest BCUT2D eigenvalue weighted by atomic mass is 32.2. The predicted molar refractivity (Wildman–Crippen MR) is 77.0 cm³/mol. The van der Waals surface area contributed by atoms with Crippen molar-refractivity contribution in [1.82, 2.24) is 4.72 Å². The van der Waals surface area contributed by atoms with Gasteiger partial charge in [-0.05, 0) is 30.6 Å². The normalized spacial score (nSPS) is 26.2. The van der Waals surface area contributed by atoms with E-state index in [9.17, 15) is 8.42 Å². The molecule has 0 amide bonds. The molecule has 0 aliphatic heterocycles. The first-order valence-corrected chi connectivity index (χ1v) is 8.89. The van der Waals surface area contributed by atoms with Gasteiger partial charge in [-0.15, -0.1) is 0 Å². The van der Waals surface area contributed by atoms with Crippen LogP contribution in [0.5, 0.6) is 0 Å². The van der Waals surface area contributed by atoms with E-state index in [2.05, 4.69) is 32.4 Å². The first kappa shape index (κ1) is 16.0. The zero-order valence-electron chi connectivity index (χ0n) is 12.3. The van der Waals surface area contributed by atoms with Gasteiger partial charge in [0.2, 0.25) is 10.0 Å². The van der Waals surface area contributed by atoms with Gasteiger partial charge in [0.15, 0.2) is 0 Å². The van der Waals surface area contributed by atoms with E-state index < -0.39 is 10.0 Å². The SMILES string of the molecule is CCC1CCCCC1NS(=O)(=O)CCC(C)(C)C. The van der Waals surface area contributed by atoms with E-state index in [1.165, 1.54) is 12.8 Å². The minimum atomic E-state index is -3.11. The third-order valence-electron chi connectivity index (χ3n) is 3.89. The second-order valence-corrected chi connectivity index (χ2v) is 8.68. The third-order valence-corrected chi connectivity index (χ3v) is 5.29. The van der Waals surface area contributed by atoms with Gasteiger partial charge < -0.3 is 0 Å². The molecule has 2 atom stereocenters. The Hall–Kier alpha value is -0.0900. The Morgan fingerprint density at radius 1 is 1.17 bits per heavy atom. The largest absolute Gasteiger partial charge is 0.212 e. The average molecular weight is 275 g/mol. The second-order valence-electron chi connectivity index (χ2n) is 6.81. The lowest BCUT2D eigenvalue weighted by Crippen LogP contribution is -2.43. The fourth-order valence-electron chi connectivity index (χ4n) is 2.58. The lowest BCUT2D eigenvalue weighted by atomic mass is 9.83. The monoisotopic (exact) mass is 275 g/mol. The van der Waals surface area contributed by atoms with Crippen LogP contribution in [0.15, 0.2) is 0 Å². The Labute approximate surface area is 113 Å². The Bertz CT molecular complexity index is 343. The van der Waals surface area contributed by atoms with Crippen LogP contribution < -0.4 is 4.72 Å². The van der Waals surface area contributed by atoms with Crippen LogP contribution in [0.4, 0.5) is 0 Å². The van der Waals surface area contributed by atoms with E-state index in [1.54, 1.807) is 0 Å². The first-order chi connectivity index (χ1) is 8.23. The Balaban J connectivity index is 2.53. The van der Waals surface area contributed by atoms with Crippen molar-refractivity contribution in [2.75, 3.05) is 5.75 Å². The van der Waals surface area contributed by atoms with Crippen LogP contribution in [0.3, 0.4) is 0 Å². The smallest absolute Gasteiger partial charge is 0.211 e. The summed E-state index contributed by atoms with van der Waals surface area (Å²) in [5, 5.41) is 0. The third kappa shape index (κ3) is 5.70. The number of nitrogens with one attached hydrogen (secondary N) is 1. The van der Waals surface area contributed by atoms with Crippen LogP contribution in [0, 0.1) is 11.3 Å². The zero-order chi connectivity index (χ0) is 13.8. The number of sulfonamides is 1. The van der Waals surface area contributed by atoms with Crippen LogP contribution in [-0.4, -0.2) is 20.2 Å². The molecule has 2 unspecified atom stereocenters. The van der Waals surface area contributed by atoms with Crippen LogP contribution in [0.1, 0.15) is 66.2 Å². The van der Waals surface area contributed by atoms with Crippen molar-refractivity contribution >= 4 is 10.0 Å². The van der Waals surface area contributed by atoms with Crippen LogP contribution in [0.2, 0.25) is 0 Å². The van der Waals surface area contributed by atoms with Crippen molar-refractivity contribution in [3.63, 3.8) is 0 Å². The van der Waals surface area contributed by atoms with Crippen molar-refractivity contribution in [2.24, 2.45) is 11.3 Å². The van der Waals surface area contributed by atoms with Gasteiger partial charge in [0.25, 0.3) is 0 Å². The van der Waals surface area contributed by atoms with E-state index in [0.29, 0.717) is 12.3 Å². The molecule has 0 bridgehead atoms. The van der Waals surface area contributed by atoms with Crippen molar-refractivity contribution in [2.45, 2.75) is 72.3 Å². The second kappa shape index (κ2) is 6.38. The van der Waals surface area contributed by atoms with Gasteiger partial charge in [-0.25, -0.2) is 13.1 Å². The standard InChI is InChI=1S/C14H29NO2S/c1-5-12-8-6-7-9-13(12)15-18(16,17)11-10-14(2,3)4/h12-13,15H,5-11H2,1-4H3. The Kier molecular flexibility index (Phi) is 5.66. The van der Waals surface area contributed by atoms with E-state index in [1.807, 2.05) is 0 Å². The van der Waals surface area contributed by atoms with E-state index in [-0.39, 0.29) is 17.2 Å². The quantitative estimate of drug-likeness (QED) is 0.836. The van der Waals surface area contributed by atoms with Gasteiger partial charge in [-0.3, -0.25) is 0 Å². The first-order valence-electron chi connectivity index (χ1n) is 7.23. The Morgan fingerprint density at radius 2 is 1.78 bits per heavy atom. The van der Waals surface area contributed by atoms with Gasteiger partial charge in [-0.2, -0.15) is 0 Å². The molecule has 0 saturated heterocycles. The molecule has 1 N–H and O–H groups in total. The number of hydrogen-bond donors (Lipinski definition) is 1. The summed E-state index contributed by atoms with van der Waals surface area (Å²) in [6.45, 7) is 8.40. The summed E-state index contributed by atoms with van der Waals surface area (Å²) >= 11 is 0. The average Bonchev–Trinajstić information content (AvgIpc) is 2.26. The minimum Gasteiger partial charge on any atom is -0.212 e. The summed E-state index contributed by atoms with van der Waals surface area (Å²) in [4.78, 5) is 0. The molecule has 0 aromatic rings. The fraction of sp³-hybridized carbons (Fsp3) is 1.00. The summed E-state index contributed by atoms with van der Waals surface area (Å²) < 4.78 is 27.1. The molecular weight excluding hydrogens is 246 g/mol. The van der Waals surface area contributed by atoms with E-state index in [0.717, 1.165) is 19.3 Å². The van der Waals surface area contributed by atoms with Crippen molar-refractivity contribution in [3.8, 4) is 0 Å². The van der Waals surface area contributed by atoms with Crippen LogP contribution in [0.25, 0.3) is 0 Å². The molecule has 1 rings (SSSR count). The minimum absolute atomic E-state index is 0.0749. The van der Waals surface area contributed by atoms with Gasteiger partial charge in [-0.1, -0.05) is 47.0 Å². The summed E-state index contributed by atoms with van der Waals surface area (Å²) in [6, 6.07) is 0.175. The number of rotatable bonds is 5. The number of hydrogen-bond acceptors (Lipinski definition) is 2. The fourth-order valence-corrected chi connectivity index (χ4v) is 4.35. The van der Waals surface area contributed by atoms with Crippen molar-refractivity contribution < 1.29 is 8.42 Å². The summed E-state index contributed by atoms with van der Waals surface area (Å²) in [5.41, 5.74) is 0.0749. The lowest BCUT2D eigenvalue weighted by Gasteiger charge is -2.31. The highest BCUT2D eigenvalue weighted by molar-refractivity contribution is 7.89. The zero-order valence-corrected chi connectivity index (χ0v) is 13.1.